The maximum atomic E-state index is 12.7. The van der Waals surface area contributed by atoms with Crippen LogP contribution in [0.5, 0.6) is 0 Å². The fourth-order valence-corrected chi connectivity index (χ4v) is 2.90. The second kappa shape index (κ2) is 7.26. The number of aliphatic hydroxyl groups is 1. The van der Waals surface area contributed by atoms with E-state index in [4.69, 9.17) is 5.84 Å². The van der Waals surface area contributed by atoms with Crippen LogP contribution >= 0.6 is 0 Å². The molecule has 0 heterocycles. The van der Waals surface area contributed by atoms with Crippen LogP contribution in [0, 0.1) is 0 Å². The standard InChI is InChI=1S/C15H23N3O2/c16-17-14-9-5-4-8-13(14)15(20)18(10-11-19)12-6-2-1-3-7-12/h4-5,8-9,12,17,19H,1-3,6-7,10-11,16H2. The van der Waals surface area contributed by atoms with Gasteiger partial charge in [-0.2, -0.15) is 0 Å². The van der Waals surface area contributed by atoms with Gasteiger partial charge in [0.05, 0.1) is 17.9 Å². The van der Waals surface area contributed by atoms with Crippen molar-refractivity contribution >= 4 is 11.6 Å². The Kier molecular flexibility index (Phi) is 5.38. The molecule has 1 saturated carbocycles. The molecule has 1 aliphatic rings. The largest absolute Gasteiger partial charge is 0.395 e. The molecule has 2 rings (SSSR count). The zero-order valence-electron chi connectivity index (χ0n) is 11.7. The van der Waals surface area contributed by atoms with E-state index >= 15 is 0 Å². The number of anilines is 1. The van der Waals surface area contributed by atoms with E-state index in [-0.39, 0.29) is 18.6 Å². The monoisotopic (exact) mass is 277 g/mol. The maximum absolute atomic E-state index is 12.7. The molecule has 0 spiro atoms. The maximum Gasteiger partial charge on any atom is 0.256 e. The van der Waals surface area contributed by atoms with Gasteiger partial charge in [-0.15, -0.1) is 0 Å². The van der Waals surface area contributed by atoms with Crippen molar-refractivity contribution in [1.29, 1.82) is 0 Å². The van der Waals surface area contributed by atoms with E-state index in [0.29, 0.717) is 17.8 Å². The highest BCUT2D eigenvalue weighted by molar-refractivity contribution is 5.99. The van der Waals surface area contributed by atoms with Crippen LogP contribution in [-0.4, -0.2) is 35.1 Å². The van der Waals surface area contributed by atoms with Crippen LogP contribution in [0.4, 0.5) is 5.69 Å². The van der Waals surface area contributed by atoms with Crippen molar-refractivity contribution in [1.82, 2.24) is 4.90 Å². The molecule has 4 N–H and O–H groups in total. The molecule has 1 amide bonds. The van der Waals surface area contributed by atoms with Gasteiger partial charge >= 0.3 is 0 Å². The predicted octanol–water partition coefficient (Wildman–Crippen LogP) is 1.74. The smallest absolute Gasteiger partial charge is 0.256 e. The van der Waals surface area contributed by atoms with Gasteiger partial charge < -0.3 is 15.4 Å². The van der Waals surface area contributed by atoms with Crippen LogP contribution in [0.1, 0.15) is 42.5 Å². The van der Waals surface area contributed by atoms with Gasteiger partial charge in [0.2, 0.25) is 0 Å². The number of carbonyl (C=O) groups is 1. The Balaban J connectivity index is 2.21. The van der Waals surface area contributed by atoms with Crippen molar-refractivity contribution in [3.05, 3.63) is 29.8 Å². The van der Waals surface area contributed by atoms with Crippen LogP contribution in [0.2, 0.25) is 0 Å². The molecule has 0 radical (unpaired) electrons. The molecule has 0 aliphatic heterocycles. The molecule has 0 bridgehead atoms. The van der Waals surface area contributed by atoms with E-state index in [1.807, 2.05) is 12.1 Å². The van der Waals surface area contributed by atoms with E-state index in [1.54, 1.807) is 17.0 Å². The Morgan fingerprint density at radius 2 is 2.00 bits per heavy atom. The van der Waals surface area contributed by atoms with Gasteiger partial charge in [-0.1, -0.05) is 31.4 Å². The fourth-order valence-electron chi connectivity index (χ4n) is 2.90. The average Bonchev–Trinajstić information content (AvgIpc) is 2.52. The molecule has 0 unspecified atom stereocenters. The Labute approximate surface area is 119 Å². The van der Waals surface area contributed by atoms with Gasteiger partial charge in [-0.25, -0.2) is 0 Å². The molecule has 0 atom stereocenters. The Morgan fingerprint density at radius 1 is 1.30 bits per heavy atom. The number of hydrogen-bond acceptors (Lipinski definition) is 4. The molecule has 1 fully saturated rings. The van der Waals surface area contributed by atoms with Gasteiger partial charge in [0.1, 0.15) is 0 Å². The summed E-state index contributed by atoms with van der Waals surface area (Å²) in [4.78, 5) is 14.5. The zero-order valence-corrected chi connectivity index (χ0v) is 11.7. The lowest BCUT2D eigenvalue weighted by molar-refractivity contribution is 0.0586. The summed E-state index contributed by atoms with van der Waals surface area (Å²) in [6.45, 7) is 0.364. The van der Waals surface area contributed by atoms with Gasteiger partial charge in [0.25, 0.3) is 5.91 Å². The average molecular weight is 277 g/mol. The molecule has 5 heteroatoms. The number of amides is 1. The minimum absolute atomic E-state index is 0.0134. The first-order valence-electron chi connectivity index (χ1n) is 7.25. The predicted molar refractivity (Wildman–Crippen MR) is 79.2 cm³/mol. The number of nitrogens with one attached hydrogen (secondary N) is 1. The van der Waals surface area contributed by atoms with Crippen LogP contribution in [0.25, 0.3) is 0 Å². The lowest BCUT2D eigenvalue weighted by Crippen LogP contribution is -2.43. The number of nitrogen functional groups attached to an aromatic ring is 1. The van der Waals surface area contributed by atoms with Gasteiger partial charge in [0, 0.05) is 12.6 Å². The van der Waals surface area contributed by atoms with E-state index in [2.05, 4.69) is 5.43 Å². The van der Waals surface area contributed by atoms with Crippen LogP contribution in [0.15, 0.2) is 24.3 Å². The number of hydrazine groups is 1. The number of nitrogens with two attached hydrogens (primary N) is 1. The van der Waals surface area contributed by atoms with E-state index in [1.165, 1.54) is 6.42 Å². The highest BCUT2D eigenvalue weighted by Gasteiger charge is 2.26. The second-order valence-electron chi connectivity index (χ2n) is 5.20. The fraction of sp³-hybridized carbons (Fsp3) is 0.533. The van der Waals surface area contributed by atoms with Crippen molar-refractivity contribution in [2.24, 2.45) is 5.84 Å². The summed E-state index contributed by atoms with van der Waals surface area (Å²) in [5, 5.41) is 9.26. The number of para-hydroxylation sites is 1. The first kappa shape index (κ1) is 14.8. The molecular weight excluding hydrogens is 254 g/mol. The third-order valence-electron chi connectivity index (χ3n) is 3.93. The van der Waals surface area contributed by atoms with Gasteiger partial charge in [-0.05, 0) is 25.0 Å². The summed E-state index contributed by atoms with van der Waals surface area (Å²) in [6, 6.07) is 7.44. The Bertz CT molecular complexity index is 444. The first-order valence-corrected chi connectivity index (χ1v) is 7.25. The van der Waals surface area contributed by atoms with Gasteiger partial charge in [-0.3, -0.25) is 10.6 Å². The van der Waals surface area contributed by atoms with Crippen LogP contribution in [0.3, 0.4) is 0 Å². The van der Waals surface area contributed by atoms with Gasteiger partial charge in [0.15, 0.2) is 0 Å². The minimum atomic E-state index is -0.0560. The van der Waals surface area contributed by atoms with E-state index in [9.17, 15) is 9.90 Å². The van der Waals surface area contributed by atoms with Crippen LogP contribution in [-0.2, 0) is 0 Å². The molecule has 1 aromatic rings. The molecule has 0 saturated heterocycles. The molecule has 0 aromatic heterocycles. The first-order chi connectivity index (χ1) is 9.77. The number of hydrogen-bond donors (Lipinski definition) is 3. The minimum Gasteiger partial charge on any atom is -0.395 e. The third kappa shape index (κ3) is 3.29. The second-order valence-corrected chi connectivity index (χ2v) is 5.20. The molecule has 5 nitrogen and oxygen atoms in total. The van der Waals surface area contributed by atoms with E-state index in [0.717, 1.165) is 25.7 Å². The molecular formula is C15H23N3O2. The number of nitrogens with zero attached hydrogens (tertiary/aromatic N) is 1. The normalized spacial score (nSPS) is 15.9. The van der Waals surface area contributed by atoms with Crippen molar-refractivity contribution in [3.63, 3.8) is 0 Å². The summed E-state index contributed by atoms with van der Waals surface area (Å²) >= 11 is 0. The number of carbonyl (C=O) groups excluding carboxylic acids is 1. The number of benzene rings is 1. The lowest BCUT2D eigenvalue weighted by atomic mass is 9.93. The third-order valence-corrected chi connectivity index (χ3v) is 3.93. The molecule has 1 aromatic carbocycles. The lowest BCUT2D eigenvalue weighted by Gasteiger charge is -2.34. The summed E-state index contributed by atoms with van der Waals surface area (Å²) in [5.41, 5.74) is 3.75. The Hall–Kier alpha value is -1.59. The van der Waals surface area contributed by atoms with Crippen molar-refractivity contribution in [2.75, 3.05) is 18.6 Å². The number of rotatable bonds is 5. The summed E-state index contributed by atoms with van der Waals surface area (Å²) < 4.78 is 0. The summed E-state index contributed by atoms with van der Waals surface area (Å²) in [6.07, 6.45) is 5.57. The molecule has 1 aliphatic carbocycles. The quantitative estimate of drug-likeness (QED) is 0.566. The highest BCUT2D eigenvalue weighted by atomic mass is 16.3. The molecule has 110 valence electrons. The van der Waals surface area contributed by atoms with Crippen molar-refractivity contribution in [3.8, 4) is 0 Å². The topological polar surface area (TPSA) is 78.6 Å². The van der Waals surface area contributed by atoms with Crippen LogP contribution < -0.4 is 11.3 Å². The molecule has 20 heavy (non-hydrogen) atoms. The number of aliphatic hydroxyl groups excluding tert-OH is 1. The van der Waals surface area contributed by atoms with Crippen molar-refractivity contribution < 1.29 is 9.90 Å². The zero-order chi connectivity index (χ0) is 14.4. The van der Waals surface area contributed by atoms with Crippen molar-refractivity contribution in [2.45, 2.75) is 38.1 Å². The summed E-state index contributed by atoms with van der Waals surface area (Å²) in [5.74, 6) is 5.41. The summed E-state index contributed by atoms with van der Waals surface area (Å²) in [7, 11) is 0. The Morgan fingerprint density at radius 3 is 2.65 bits per heavy atom. The van der Waals surface area contributed by atoms with E-state index < -0.39 is 0 Å². The highest BCUT2D eigenvalue weighted by Crippen LogP contribution is 2.25. The SMILES string of the molecule is NNc1ccccc1C(=O)N(CCO)C1CCCCC1.